The highest BCUT2D eigenvalue weighted by molar-refractivity contribution is 9.10. The molecule has 0 atom stereocenters. The maximum absolute atomic E-state index is 13.8. The zero-order chi connectivity index (χ0) is 19.4. The summed E-state index contributed by atoms with van der Waals surface area (Å²) in [5.74, 6) is -0.810. The van der Waals surface area contributed by atoms with E-state index in [0.717, 1.165) is 0 Å². The summed E-state index contributed by atoms with van der Waals surface area (Å²) in [5, 5.41) is 6.78. The Balaban J connectivity index is 1.73. The standard InChI is InChI=1S/C18H13BrF3N3O2/c19-14-10-25(9-12-4-1-2-7-15(12)20)24-16(14)23-17(26)11-5-3-6-13(8-11)27-18(21)22/h1-8,10,18H,9H2,(H,23,24,26). The number of aromatic nitrogens is 2. The number of nitrogens with one attached hydrogen (secondary N) is 1. The molecule has 0 aliphatic heterocycles. The summed E-state index contributed by atoms with van der Waals surface area (Å²) in [7, 11) is 0. The van der Waals surface area contributed by atoms with E-state index in [9.17, 15) is 18.0 Å². The Kier molecular flexibility index (Phi) is 5.80. The summed E-state index contributed by atoms with van der Waals surface area (Å²) >= 11 is 3.28. The van der Waals surface area contributed by atoms with Gasteiger partial charge in [-0.2, -0.15) is 13.9 Å². The van der Waals surface area contributed by atoms with E-state index in [0.29, 0.717) is 10.0 Å². The van der Waals surface area contributed by atoms with E-state index in [-0.39, 0.29) is 29.5 Å². The van der Waals surface area contributed by atoms with Crippen LogP contribution in [0.1, 0.15) is 15.9 Å². The topological polar surface area (TPSA) is 56.2 Å². The molecular formula is C18H13BrF3N3O2. The summed E-state index contributed by atoms with van der Waals surface area (Å²) in [4.78, 5) is 12.3. The van der Waals surface area contributed by atoms with Gasteiger partial charge in [0, 0.05) is 17.3 Å². The number of hydrogen-bond donors (Lipinski definition) is 1. The van der Waals surface area contributed by atoms with Crippen LogP contribution < -0.4 is 10.1 Å². The second-order valence-electron chi connectivity index (χ2n) is 5.48. The lowest BCUT2D eigenvalue weighted by molar-refractivity contribution is -0.0498. The van der Waals surface area contributed by atoms with Crippen molar-refractivity contribution < 1.29 is 22.7 Å². The largest absolute Gasteiger partial charge is 0.435 e. The summed E-state index contributed by atoms with van der Waals surface area (Å²) in [6.07, 6.45) is 1.60. The second kappa shape index (κ2) is 8.26. The summed E-state index contributed by atoms with van der Waals surface area (Å²) in [6.45, 7) is -2.80. The van der Waals surface area contributed by atoms with E-state index in [1.54, 1.807) is 24.4 Å². The Morgan fingerprint density at radius 2 is 2.00 bits per heavy atom. The third-order valence-corrected chi connectivity index (χ3v) is 4.14. The van der Waals surface area contributed by atoms with Crippen LogP contribution in [-0.4, -0.2) is 22.3 Å². The quantitative estimate of drug-likeness (QED) is 0.606. The Morgan fingerprint density at radius 1 is 1.22 bits per heavy atom. The van der Waals surface area contributed by atoms with Crippen molar-refractivity contribution in [3.8, 4) is 5.75 Å². The molecular weight excluding hydrogens is 427 g/mol. The molecule has 1 heterocycles. The van der Waals surface area contributed by atoms with E-state index in [1.165, 1.54) is 35.0 Å². The van der Waals surface area contributed by atoms with Gasteiger partial charge in [-0.3, -0.25) is 9.48 Å². The molecule has 9 heteroatoms. The van der Waals surface area contributed by atoms with E-state index in [4.69, 9.17) is 0 Å². The highest BCUT2D eigenvalue weighted by Crippen LogP contribution is 2.23. The number of benzene rings is 2. The minimum absolute atomic E-state index is 0.123. The lowest BCUT2D eigenvalue weighted by atomic mass is 10.2. The molecule has 3 rings (SSSR count). The lowest BCUT2D eigenvalue weighted by Gasteiger charge is -2.07. The van der Waals surface area contributed by atoms with E-state index < -0.39 is 12.5 Å². The van der Waals surface area contributed by atoms with Gasteiger partial charge in [0.2, 0.25) is 0 Å². The molecule has 3 aromatic rings. The molecule has 1 N–H and O–H groups in total. The Hall–Kier alpha value is -2.81. The Morgan fingerprint density at radius 3 is 2.74 bits per heavy atom. The van der Waals surface area contributed by atoms with E-state index >= 15 is 0 Å². The van der Waals surface area contributed by atoms with Crippen molar-refractivity contribution in [2.45, 2.75) is 13.2 Å². The van der Waals surface area contributed by atoms with Crippen LogP contribution in [0.5, 0.6) is 5.75 Å². The number of ether oxygens (including phenoxy) is 1. The zero-order valence-electron chi connectivity index (χ0n) is 13.7. The molecule has 0 unspecified atom stereocenters. The average Bonchev–Trinajstić information content (AvgIpc) is 2.96. The van der Waals surface area contributed by atoms with Gasteiger partial charge in [0.25, 0.3) is 5.91 Å². The second-order valence-corrected chi connectivity index (χ2v) is 6.33. The number of halogens is 4. The van der Waals surface area contributed by atoms with Gasteiger partial charge in [-0.15, -0.1) is 0 Å². The summed E-state index contributed by atoms with van der Waals surface area (Å²) in [5.41, 5.74) is 0.575. The first-order chi connectivity index (χ1) is 12.9. The molecule has 0 bridgehead atoms. The van der Waals surface area contributed by atoms with Gasteiger partial charge in [0.05, 0.1) is 11.0 Å². The molecule has 27 heavy (non-hydrogen) atoms. The molecule has 0 aliphatic carbocycles. The minimum Gasteiger partial charge on any atom is -0.435 e. The SMILES string of the molecule is O=C(Nc1nn(Cc2ccccc2F)cc1Br)c1cccc(OC(F)F)c1. The first kappa shape index (κ1) is 19.0. The van der Waals surface area contributed by atoms with Crippen LogP contribution in [0.4, 0.5) is 19.0 Å². The predicted molar refractivity (Wildman–Crippen MR) is 96.5 cm³/mol. The number of alkyl halides is 2. The first-order valence-corrected chi connectivity index (χ1v) is 8.54. The van der Waals surface area contributed by atoms with Crippen LogP contribution >= 0.6 is 15.9 Å². The zero-order valence-corrected chi connectivity index (χ0v) is 15.3. The molecule has 0 aliphatic rings. The van der Waals surface area contributed by atoms with Crippen LogP contribution in [0, 0.1) is 5.82 Å². The first-order valence-electron chi connectivity index (χ1n) is 7.75. The third-order valence-electron chi connectivity index (χ3n) is 3.56. The fourth-order valence-corrected chi connectivity index (χ4v) is 2.77. The maximum atomic E-state index is 13.8. The van der Waals surface area contributed by atoms with Gasteiger partial charge in [-0.25, -0.2) is 4.39 Å². The molecule has 0 fully saturated rings. The molecule has 1 amide bonds. The minimum atomic E-state index is -2.98. The van der Waals surface area contributed by atoms with Crippen LogP contribution in [0.2, 0.25) is 0 Å². The van der Waals surface area contributed by atoms with Crippen molar-refractivity contribution in [1.82, 2.24) is 9.78 Å². The molecule has 140 valence electrons. The summed E-state index contributed by atoms with van der Waals surface area (Å²) in [6, 6.07) is 11.7. The normalized spacial score (nSPS) is 10.9. The molecule has 0 radical (unpaired) electrons. The van der Waals surface area contributed by atoms with Crippen LogP contribution in [-0.2, 0) is 6.54 Å². The third kappa shape index (κ3) is 4.88. The van der Waals surface area contributed by atoms with E-state index in [1.807, 2.05) is 0 Å². The highest BCUT2D eigenvalue weighted by Gasteiger charge is 2.14. The highest BCUT2D eigenvalue weighted by atomic mass is 79.9. The Bertz CT molecular complexity index is 963. The van der Waals surface area contributed by atoms with Crippen molar-refractivity contribution in [2.75, 3.05) is 5.32 Å². The number of hydrogen-bond acceptors (Lipinski definition) is 3. The number of anilines is 1. The fourth-order valence-electron chi connectivity index (χ4n) is 2.36. The number of amides is 1. The molecule has 2 aromatic carbocycles. The Labute approximate surface area is 160 Å². The number of carbonyl (C=O) groups is 1. The monoisotopic (exact) mass is 439 g/mol. The van der Waals surface area contributed by atoms with Crippen LogP contribution in [0.3, 0.4) is 0 Å². The maximum Gasteiger partial charge on any atom is 0.387 e. The van der Waals surface area contributed by atoms with Crippen molar-refractivity contribution in [3.63, 3.8) is 0 Å². The number of rotatable bonds is 6. The number of nitrogens with zero attached hydrogens (tertiary/aromatic N) is 2. The van der Waals surface area contributed by atoms with E-state index in [2.05, 4.69) is 31.1 Å². The number of carbonyl (C=O) groups excluding carboxylic acids is 1. The lowest BCUT2D eigenvalue weighted by Crippen LogP contribution is -2.13. The van der Waals surface area contributed by atoms with Crippen molar-refractivity contribution in [1.29, 1.82) is 0 Å². The smallest absolute Gasteiger partial charge is 0.387 e. The molecule has 0 spiro atoms. The van der Waals surface area contributed by atoms with Gasteiger partial charge in [-0.1, -0.05) is 24.3 Å². The fraction of sp³-hybridized carbons (Fsp3) is 0.111. The average molecular weight is 440 g/mol. The van der Waals surface area contributed by atoms with Crippen LogP contribution in [0.15, 0.2) is 59.2 Å². The predicted octanol–water partition coefficient (Wildman–Crippen LogP) is 4.69. The van der Waals surface area contributed by atoms with Crippen molar-refractivity contribution in [3.05, 3.63) is 76.1 Å². The summed E-state index contributed by atoms with van der Waals surface area (Å²) < 4.78 is 44.6. The van der Waals surface area contributed by atoms with Crippen molar-refractivity contribution in [2.24, 2.45) is 0 Å². The van der Waals surface area contributed by atoms with Gasteiger partial charge < -0.3 is 10.1 Å². The van der Waals surface area contributed by atoms with Gasteiger partial charge in [-0.05, 0) is 40.2 Å². The molecule has 1 aromatic heterocycles. The van der Waals surface area contributed by atoms with Crippen LogP contribution in [0.25, 0.3) is 0 Å². The van der Waals surface area contributed by atoms with Gasteiger partial charge in [0.1, 0.15) is 11.6 Å². The van der Waals surface area contributed by atoms with Gasteiger partial charge >= 0.3 is 6.61 Å². The molecule has 0 saturated carbocycles. The van der Waals surface area contributed by atoms with Gasteiger partial charge in [0.15, 0.2) is 5.82 Å². The van der Waals surface area contributed by atoms with Crippen molar-refractivity contribution >= 4 is 27.7 Å². The molecule has 0 saturated heterocycles. The molecule has 5 nitrogen and oxygen atoms in total.